The van der Waals surface area contributed by atoms with Crippen molar-refractivity contribution >= 4 is 64.2 Å². The van der Waals surface area contributed by atoms with E-state index >= 15 is 0 Å². The summed E-state index contributed by atoms with van der Waals surface area (Å²) >= 11 is 1.86. The predicted octanol–water partition coefficient (Wildman–Crippen LogP) is 15.4. The van der Waals surface area contributed by atoms with E-state index in [4.69, 9.17) is 9.97 Å². The van der Waals surface area contributed by atoms with Gasteiger partial charge in [0.15, 0.2) is 0 Å². The van der Waals surface area contributed by atoms with Crippen LogP contribution in [0.5, 0.6) is 0 Å². The summed E-state index contributed by atoms with van der Waals surface area (Å²) < 4.78 is 4.92. The largest absolute Gasteiger partial charge is 0.277 e. The van der Waals surface area contributed by atoms with Gasteiger partial charge in [0.05, 0.1) is 22.2 Å². The molecule has 60 heavy (non-hydrogen) atoms. The summed E-state index contributed by atoms with van der Waals surface area (Å²) in [5.74, 6) is 0.645. The smallest absolute Gasteiger partial charge is 0.235 e. The first-order valence-electron chi connectivity index (χ1n) is 20.3. The van der Waals surface area contributed by atoms with Crippen molar-refractivity contribution in [2.45, 2.75) is 0 Å². The van der Waals surface area contributed by atoms with Crippen molar-refractivity contribution in [3.8, 4) is 61.7 Å². The summed E-state index contributed by atoms with van der Waals surface area (Å²) in [6.07, 6.45) is 0. The highest BCUT2D eigenvalue weighted by molar-refractivity contribution is 7.25. The van der Waals surface area contributed by atoms with Gasteiger partial charge in [0.2, 0.25) is 5.95 Å². The van der Waals surface area contributed by atoms with E-state index in [2.05, 4.69) is 211 Å². The van der Waals surface area contributed by atoms with E-state index in [1.54, 1.807) is 0 Å². The number of hydrogen-bond acceptors (Lipinski definition) is 3. The van der Waals surface area contributed by atoms with Gasteiger partial charge in [-0.25, -0.2) is 9.97 Å². The van der Waals surface area contributed by atoms with Crippen molar-refractivity contribution < 1.29 is 0 Å². The fourth-order valence-electron chi connectivity index (χ4n) is 8.95. The monoisotopic (exact) mass is 781 g/mol. The van der Waals surface area contributed by atoms with Crippen molar-refractivity contribution in [2.24, 2.45) is 0 Å². The van der Waals surface area contributed by atoms with Gasteiger partial charge in [-0.05, 0) is 87.5 Å². The number of rotatable bonds is 6. The molecule has 0 bridgehead atoms. The summed E-state index contributed by atoms with van der Waals surface area (Å²) in [6, 6.07) is 76.3. The molecular formula is C56H35N3S. The highest BCUT2D eigenvalue weighted by atomic mass is 32.1. The number of aromatic nitrogens is 3. The molecule has 0 amide bonds. The second kappa shape index (κ2) is 14.0. The Morgan fingerprint density at radius 2 is 0.883 bits per heavy atom. The average Bonchev–Trinajstić information content (AvgIpc) is 3.87. The molecule has 0 aliphatic rings. The van der Waals surface area contributed by atoms with Crippen LogP contribution in [0.15, 0.2) is 212 Å². The Morgan fingerprint density at radius 3 is 1.68 bits per heavy atom. The summed E-state index contributed by atoms with van der Waals surface area (Å²) in [7, 11) is 0. The highest BCUT2D eigenvalue weighted by Gasteiger charge is 2.21. The van der Waals surface area contributed by atoms with Crippen molar-refractivity contribution in [3.63, 3.8) is 0 Å². The molecule has 3 heterocycles. The Labute approximate surface area is 351 Å². The first-order valence-corrected chi connectivity index (χ1v) is 21.1. The quantitative estimate of drug-likeness (QED) is 0.168. The Bertz CT molecular complexity index is 3600. The van der Waals surface area contributed by atoms with Gasteiger partial charge in [0.25, 0.3) is 0 Å². The van der Waals surface area contributed by atoms with Gasteiger partial charge in [0, 0.05) is 47.5 Å². The molecule has 12 rings (SSSR count). The molecule has 0 radical (unpaired) electrons. The highest BCUT2D eigenvalue weighted by Crippen LogP contribution is 2.42. The molecule has 0 unspecified atom stereocenters. The lowest BCUT2D eigenvalue weighted by Crippen LogP contribution is -2.04. The zero-order chi connectivity index (χ0) is 39.6. The second-order valence-electron chi connectivity index (χ2n) is 15.4. The standard InChI is InChI=1S/C56H35N3S/c1-3-14-36(15-4-1)41-28-30-51-48(34-41)46-25-13-24-44(55(46)59(51)56-57-50-26-9-7-23-47(50)54(58-56)37-16-5-2-6-17-37)43-21-12-20-40(33-43)38-18-11-19-39(32-38)42-29-31-53-49(35-42)45-22-8-10-27-52(45)60-53/h1-35H. The minimum Gasteiger partial charge on any atom is -0.277 e. The third-order valence-electron chi connectivity index (χ3n) is 11.8. The van der Waals surface area contributed by atoms with Crippen LogP contribution in [0.25, 0.3) is 115 Å². The van der Waals surface area contributed by atoms with Gasteiger partial charge in [0.1, 0.15) is 0 Å². The zero-order valence-electron chi connectivity index (χ0n) is 32.5. The third kappa shape index (κ3) is 5.72. The van der Waals surface area contributed by atoms with E-state index < -0.39 is 0 Å². The fourth-order valence-corrected chi connectivity index (χ4v) is 10.0. The summed E-state index contributed by atoms with van der Waals surface area (Å²) in [6.45, 7) is 0. The molecular weight excluding hydrogens is 747 g/mol. The van der Waals surface area contributed by atoms with Gasteiger partial charge < -0.3 is 0 Å². The van der Waals surface area contributed by atoms with Crippen molar-refractivity contribution in [2.75, 3.05) is 0 Å². The maximum atomic E-state index is 5.42. The number of fused-ring (bicyclic) bond motifs is 7. The average molecular weight is 782 g/mol. The molecule has 280 valence electrons. The molecule has 4 heteroatoms. The van der Waals surface area contributed by atoms with Gasteiger partial charge in [-0.1, -0.05) is 164 Å². The van der Waals surface area contributed by atoms with E-state index in [1.807, 2.05) is 17.4 Å². The molecule has 0 saturated heterocycles. The van der Waals surface area contributed by atoms with Crippen LogP contribution in [-0.4, -0.2) is 14.5 Å². The first-order chi connectivity index (χ1) is 29.7. The van der Waals surface area contributed by atoms with E-state index in [0.717, 1.165) is 60.7 Å². The van der Waals surface area contributed by atoms with Crippen molar-refractivity contribution in [3.05, 3.63) is 212 Å². The lowest BCUT2D eigenvalue weighted by Gasteiger charge is -2.14. The molecule has 0 N–H and O–H groups in total. The number of para-hydroxylation sites is 2. The first kappa shape index (κ1) is 34.4. The fraction of sp³-hybridized carbons (Fsp3) is 0. The maximum Gasteiger partial charge on any atom is 0.235 e. The lowest BCUT2D eigenvalue weighted by atomic mass is 9.95. The number of benzene rings is 9. The maximum absolute atomic E-state index is 5.42. The second-order valence-corrected chi connectivity index (χ2v) is 16.4. The number of thiophene rings is 1. The molecule has 3 nitrogen and oxygen atoms in total. The SMILES string of the molecule is c1ccc(-c2ccc3c(c2)c2cccc(-c4cccc(-c5cccc(-c6ccc7sc8ccccc8c7c6)c5)c4)c2n3-c2nc(-c3ccccc3)c3ccccc3n2)cc1. The Morgan fingerprint density at radius 1 is 0.333 bits per heavy atom. The molecule has 0 fully saturated rings. The predicted molar refractivity (Wildman–Crippen MR) is 254 cm³/mol. The Kier molecular flexibility index (Phi) is 8.03. The molecule has 3 aromatic heterocycles. The molecule has 0 aliphatic heterocycles. The Hall–Kier alpha value is -7.66. The van der Waals surface area contributed by atoms with Crippen LogP contribution in [-0.2, 0) is 0 Å². The number of hydrogen-bond donors (Lipinski definition) is 0. The van der Waals surface area contributed by atoms with Gasteiger partial charge in [-0.2, -0.15) is 0 Å². The van der Waals surface area contributed by atoms with E-state index in [-0.39, 0.29) is 0 Å². The van der Waals surface area contributed by atoms with Gasteiger partial charge in [-0.3, -0.25) is 4.57 Å². The van der Waals surface area contributed by atoms with Crippen molar-refractivity contribution in [1.29, 1.82) is 0 Å². The lowest BCUT2D eigenvalue weighted by molar-refractivity contribution is 1.01. The van der Waals surface area contributed by atoms with Crippen molar-refractivity contribution in [1.82, 2.24) is 14.5 Å². The Balaban J connectivity index is 1.05. The molecule has 0 atom stereocenters. The molecule has 0 aliphatic carbocycles. The topological polar surface area (TPSA) is 30.7 Å². The van der Waals surface area contributed by atoms with Gasteiger partial charge in [-0.15, -0.1) is 11.3 Å². The molecule has 0 saturated carbocycles. The van der Waals surface area contributed by atoms with Crippen LogP contribution in [0.1, 0.15) is 0 Å². The van der Waals surface area contributed by atoms with E-state index in [9.17, 15) is 0 Å². The van der Waals surface area contributed by atoms with Crippen LogP contribution in [0, 0.1) is 0 Å². The van der Waals surface area contributed by atoms with E-state index in [1.165, 1.54) is 48.0 Å². The molecule has 12 aromatic rings. The van der Waals surface area contributed by atoms with Crippen LogP contribution in [0.3, 0.4) is 0 Å². The van der Waals surface area contributed by atoms with E-state index in [0.29, 0.717) is 5.95 Å². The summed E-state index contributed by atoms with van der Waals surface area (Å²) in [5.41, 5.74) is 14.4. The third-order valence-corrected chi connectivity index (χ3v) is 13.0. The minimum absolute atomic E-state index is 0.645. The zero-order valence-corrected chi connectivity index (χ0v) is 33.3. The van der Waals surface area contributed by atoms with Crippen LogP contribution in [0.2, 0.25) is 0 Å². The minimum atomic E-state index is 0.645. The molecule has 0 spiro atoms. The van der Waals surface area contributed by atoms with Gasteiger partial charge >= 0.3 is 0 Å². The normalized spacial score (nSPS) is 11.7. The molecule has 9 aromatic carbocycles. The summed E-state index contributed by atoms with van der Waals surface area (Å²) in [5, 5.41) is 5.97. The number of nitrogens with zero attached hydrogens (tertiary/aromatic N) is 3. The van der Waals surface area contributed by atoms with Crippen LogP contribution in [0.4, 0.5) is 0 Å². The van der Waals surface area contributed by atoms with Crippen LogP contribution < -0.4 is 0 Å². The van der Waals surface area contributed by atoms with Crippen LogP contribution >= 0.6 is 11.3 Å². The summed E-state index contributed by atoms with van der Waals surface area (Å²) in [4.78, 5) is 10.7.